The van der Waals surface area contributed by atoms with E-state index in [0.29, 0.717) is 0 Å². The molecule has 0 saturated heterocycles. The Morgan fingerprint density at radius 1 is 1.11 bits per heavy atom. The summed E-state index contributed by atoms with van der Waals surface area (Å²) in [7, 11) is 0. The van der Waals surface area contributed by atoms with Gasteiger partial charge in [-0.05, 0) is 34.6 Å². The SMILES string of the molecule is O=C(Cc1cccc2ccccc12)NC(=S)Nc1cc([N+](=O)[O-])ccc1F. The van der Waals surface area contributed by atoms with Gasteiger partial charge in [-0.2, -0.15) is 0 Å². The predicted octanol–water partition coefficient (Wildman–Crippen LogP) is 3.94. The normalized spacial score (nSPS) is 10.4. The van der Waals surface area contributed by atoms with Crippen molar-refractivity contribution in [1.82, 2.24) is 5.32 Å². The van der Waals surface area contributed by atoms with Gasteiger partial charge in [-0.1, -0.05) is 42.5 Å². The molecule has 0 bridgehead atoms. The van der Waals surface area contributed by atoms with Crippen molar-refractivity contribution in [2.24, 2.45) is 0 Å². The first-order valence-electron chi connectivity index (χ1n) is 7.95. The van der Waals surface area contributed by atoms with Crippen LogP contribution >= 0.6 is 12.2 Å². The lowest BCUT2D eigenvalue weighted by Crippen LogP contribution is -2.35. The number of thiocarbonyl (C=S) groups is 1. The number of rotatable bonds is 4. The number of hydrogen-bond donors (Lipinski definition) is 2. The molecule has 0 heterocycles. The molecular weight excluding hydrogens is 369 g/mol. The summed E-state index contributed by atoms with van der Waals surface area (Å²) < 4.78 is 13.8. The van der Waals surface area contributed by atoms with Crippen molar-refractivity contribution in [3.63, 3.8) is 0 Å². The van der Waals surface area contributed by atoms with Crippen LogP contribution in [-0.2, 0) is 11.2 Å². The maximum atomic E-state index is 13.8. The number of nitro benzene ring substituents is 1. The van der Waals surface area contributed by atoms with E-state index in [1.165, 1.54) is 0 Å². The monoisotopic (exact) mass is 383 g/mol. The first kappa shape index (κ1) is 18.4. The molecule has 0 unspecified atom stereocenters. The molecule has 0 saturated carbocycles. The lowest BCUT2D eigenvalue weighted by atomic mass is 10.0. The topological polar surface area (TPSA) is 84.3 Å². The van der Waals surface area contributed by atoms with Crippen molar-refractivity contribution < 1.29 is 14.1 Å². The molecule has 0 aliphatic heterocycles. The Kier molecular flexibility index (Phi) is 5.37. The van der Waals surface area contributed by atoms with E-state index in [2.05, 4.69) is 10.6 Å². The largest absolute Gasteiger partial charge is 0.330 e. The molecule has 3 aromatic carbocycles. The molecule has 0 fully saturated rings. The van der Waals surface area contributed by atoms with Crippen LogP contribution in [0.5, 0.6) is 0 Å². The zero-order valence-corrected chi connectivity index (χ0v) is 14.8. The first-order valence-corrected chi connectivity index (χ1v) is 8.36. The molecule has 6 nitrogen and oxygen atoms in total. The van der Waals surface area contributed by atoms with E-state index in [1.807, 2.05) is 42.5 Å². The summed E-state index contributed by atoms with van der Waals surface area (Å²) in [5.41, 5.74) is 0.360. The van der Waals surface area contributed by atoms with Crippen molar-refractivity contribution >= 4 is 45.4 Å². The van der Waals surface area contributed by atoms with Crippen LogP contribution in [0, 0.1) is 15.9 Å². The second-order valence-corrected chi connectivity index (χ2v) is 6.15. The number of carbonyl (C=O) groups is 1. The Labute approximate surface area is 159 Å². The highest BCUT2D eigenvalue weighted by Crippen LogP contribution is 2.21. The Morgan fingerprint density at radius 3 is 2.63 bits per heavy atom. The Hall–Kier alpha value is -3.39. The smallest absolute Gasteiger partial charge is 0.271 e. The third kappa shape index (κ3) is 4.42. The summed E-state index contributed by atoms with van der Waals surface area (Å²) in [5, 5.41) is 17.6. The summed E-state index contributed by atoms with van der Waals surface area (Å²) in [5.74, 6) is -1.10. The van der Waals surface area contributed by atoms with Crippen molar-refractivity contribution in [3.05, 3.63) is 82.2 Å². The van der Waals surface area contributed by atoms with Gasteiger partial charge in [0, 0.05) is 12.1 Å². The molecule has 0 aromatic heterocycles. The zero-order valence-electron chi connectivity index (χ0n) is 13.9. The highest BCUT2D eigenvalue weighted by atomic mass is 32.1. The minimum absolute atomic E-state index is 0.0839. The summed E-state index contributed by atoms with van der Waals surface area (Å²) in [6.07, 6.45) is 0.0839. The fraction of sp³-hybridized carbons (Fsp3) is 0.0526. The Bertz CT molecular complexity index is 1050. The van der Waals surface area contributed by atoms with E-state index in [9.17, 15) is 19.3 Å². The molecule has 0 atom stereocenters. The number of hydrogen-bond acceptors (Lipinski definition) is 4. The molecule has 3 aromatic rings. The van der Waals surface area contributed by atoms with Crippen LogP contribution in [0.3, 0.4) is 0 Å². The number of non-ortho nitro benzene ring substituents is 1. The molecule has 8 heteroatoms. The van der Waals surface area contributed by atoms with Gasteiger partial charge < -0.3 is 10.6 Å². The average molecular weight is 383 g/mol. The van der Waals surface area contributed by atoms with E-state index in [1.54, 1.807) is 0 Å². The molecule has 0 radical (unpaired) electrons. The van der Waals surface area contributed by atoms with Gasteiger partial charge in [-0.15, -0.1) is 0 Å². The fourth-order valence-corrected chi connectivity index (χ4v) is 2.89. The second kappa shape index (κ2) is 7.88. The van der Waals surface area contributed by atoms with Crippen LogP contribution in [0.15, 0.2) is 60.7 Å². The summed E-state index contributed by atoms with van der Waals surface area (Å²) in [4.78, 5) is 22.4. The van der Waals surface area contributed by atoms with Crippen molar-refractivity contribution in [3.8, 4) is 0 Å². The van der Waals surface area contributed by atoms with Crippen LogP contribution in [-0.4, -0.2) is 15.9 Å². The van der Waals surface area contributed by atoms with Crippen LogP contribution in [0.4, 0.5) is 15.8 Å². The van der Waals surface area contributed by atoms with Gasteiger partial charge in [0.05, 0.1) is 17.0 Å². The number of benzene rings is 3. The van der Waals surface area contributed by atoms with Crippen LogP contribution < -0.4 is 10.6 Å². The van der Waals surface area contributed by atoms with Crippen LogP contribution in [0.2, 0.25) is 0 Å². The van der Waals surface area contributed by atoms with Gasteiger partial charge in [0.25, 0.3) is 5.69 Å². The Morgan fingerprint density at radius 2 is 1.85 bits per heavy atom. The molecule has 3 rings (SSSR count). The van der Waals surface area contributed by atoms with Crippen molar-refractivity contribution in [1.29, 1.82) is 0 Å². The van der Waals surface area contributed by atoms with Crippen molar-refractivity contribution in [2.75, 3.05) is 5.32 Å². The van der Waals surface area contributed by atoms with E-state index in [0.717, 1.165) is 34.5 Å². The molecule has 0 spiro atoms. The van der Waals surface area contributed by atoms with Crippen LogP contribution in [0.1, 0.15) is 5.56 Å². The number of fused-ring (bicyclic) bond motifs is 1. The van der Waals surface area contributed by atoms with Gasteiger partial charge in [-0.25, -0.2) is 4.39 Å². The van der Waals surface area contributed by atoms with E-state index in [4.69, 9.17) is 12.2 Å². The molecule has 1 amide bonds. The molecular formula is C19H14FN3O3S. The van der Waals surface area contributed by atoms with Gasteiger partial charge in [0.1, 0.15) is 5.82 Å². The van der Waals surface area contributed by atoms with Crippen LogP contribution in [0.25, 0.3) is 10.8 Å². The maximum absolute atomic E-state index is 13.8. The first-order chi connectivity index (χ1) is 12.9. The van der Waals surface area contributed by atoms with Crippen molar-refractivity contribution in [2.45, 2.75) is 6.42 Å². The quantitative estimate of drug-likeness (QED) is 0.405. The minimum atomic E-state index is -0.716. The summed E-state index contributed by atoms with van der Waals surface area (Å²) in [6, 6.07) is 16.4. The van der Waals surface area contributed by atoms with Gasteiger partial charge in [-0.3, -0.25) is 14.9 Å². The molecule has 27 heavy (non-hydrogen) atoms. The van der Waals surface area contributed by atoms with Gasteiger partial charge in [0.2, 0.25) is 5.91 Å². The Balaban J connectivity index is 1.68. The number of anilines is 1. The third-order valence-electron chi connectivity index (χ3n) is 3.89. The maximum Gasteiger partial charge on any atom is 0.271 e. The van der Waals surface area contributed by atoms with E-state index >= 15 is 0 Å². The minimum Gasteiger partial charge on any atom is -0.330 e. The summed E-state index contributed by atoms with van der Waals surface area (Å²) >= 11 is 5.01. The highest BCUT2D eigenvalue weighted by Gasteiger charge is 2.13. The standard InChI is InChI=1S/C19H14FN3O3S/c20-16-9-8-14(23(25)26)11-17(16)21-19(27)22-18(24)10-13-6-3-5-12-4-1-2-7-15(12)13/h1-9,11H,10H2,(H2,21,22,24,27). The number of amides is 1. The number of nitrogens with zero attached hydrogens (tertiary/aromatic N) is 1. The average Bonchev–Trinajstić information content (AvgIpc) is 2.63. The number of halogens is 1. The molecule has 0 aliphatic carbocycles. The van der Waals surface area contributed by atoms with E-state index < -0.39 is 10.7 Å². The highest BCUT2D eigenvalue weighted by molar-refractivity contribution is 7.80. The predicted molar refractivity (Wildman–Crippen MR) is 105 cm³/mol. The molecule has 136 valence electrons. The lowest BCUT2D eigenvalue weighted by molar-refractivity contribution is -0.384. The van der Waals surface area contributed by atoms with Gasteiger partial charge in [0.15, 0.2) is 5.11 Å². The fourth-order valence-electron chi connectivity index (χ4n) is 2.67. The second-order valence-electron chi connectivity index (χ2n) is 5.74. The number of nitrogens with one attached hydrogen (secondary N) is 2. The summed E-state index contributed by atoms with van der Waals surface area (Å²) in [6.45, 7) is 0. The number of carbonyl (C=O) groups excluding carboxylic acids is 1. The lowest BCUT2D eigenvalue weighted by Gasteiger charge is -2.11. The molecule has 0 aliphatic rings. The third-order valence-corrected chi connectivity index (χ3v) is 4.10. The van der Waals surface area contributed by atoms with E-state index in [-0.39, 0.29) is 28.8 Å². The van der Waals surface area contributed by atoms with Gasteiger partial charge >= 0.3 is 0 Å². The number of nitro groups is 1. The zero-order chi connectivity index (χ0) is 19.4. The molecule has 2 N–H and O–H groups in total.